The SMILES string of the molecule is COC(=O)[C@@]1([NH3+])C[C@@H]1c1ccccc1.[Cl-]. The van der Waals surface area contributed by atoms with Crippen LogP contribution in [0.5, 0.6) is 0 Å². The van der Waals surface area contributed by atoms with Gasteiger partial charge >= 0.3 is 5.97 Å². The number of quaternary nitrogens is 1. The fraction of sp³-hybridized carbons (Fsp3) is 0.364. The van der Waals surface area contributed by atoms with E-state index < -0.39 is 5.54 Å². The molecule has 4 heteroatoms. The monoisotopic (exact) mass is 227 g/mol. The summed E-state index contributed by atoms with van der Waals surface area (Å²) in [6.07, 6.45) is 0.795. The highest BCUT2D eigenvalue weighted by atomic mass is 35.5. The van der Waals surface area contributed by atoms with Crippen molar-refractivity contribution in [1.82, 2.24) is 0 Å². The maximum Gasteiger partial charge on any atom is 0.368 e. The predicted molar refractivity (Wildman–Crippen MR) is 51.4 cm³/mol. The molecule has 0 spiro atoms. The second kappa shape index (κ2) is 4.21. The summed E-state index contributed by atoms with van der Waals surface area (Å²) in [5.74, 6) is 0.0301. The van der Waals surface area contributed by atoms with Crippen molar-refractivity contribution < 1.29 is 27.7 Å². The van der Waals surface area contributed by atoms with Crippen molar-refractivity contribution in [2.24, 2.45) is 0 Å². The molecule has 82 valence electrons. The van der Waals surface area contributed by atoms with Crippen molar-refractivity contribution >= 4 is 5.97 Å². The quantitative estimate of drug-likeness (QED) is 0.561. The third-order valence-electron chi connectivity index (χ3n) is 2.87. The molecule has 15 heavy (non-hydrogen) atoms. The maximum atomic E-state index is 11.4. The molecule has 0 heterocycles. The van der Waals surface area contributed by atoms with Gasteiger partial charge in [-0.15, -0.1) is 0 Å². The van der Waals surface area contributed by atoms with E-state index in [0.29, 0.717) is 0 Å². The minimum absolute atomic E-state index is 0. The van der Waals surface area contributed by atoms with E-state index in [2.05, 4.69) is 5.73 Å². The Morgan fingerprint density at radius 3 is 2.60 bits per heavy atom. The molecule has 1 aliphatic carbocycles. The van der Waals surface area contributed by atoms with Crippen LogP contribution in [0.25, 0.3) is 0 Å². The molecule has 0 amide bonds. The van der Waals surface area contributed by atoms with Crippen LogP contribution < -0.4 is 18.1 Å². The van der Waals surface area contributed by atoms with E-state index in [9.17, 15) is 4.79 Å². The minimum atomic E-state index is -0.532. The van der Waals surface area contributed by atoms with Crippen LogP contribution in [0, 0.1) is 0 Å². The van der Waals surface area contributed by atoms with Crippen molar-refractivity contribution in [3.63, 3.8) is 0 Å². The standard InChI is InChI=1S/C11H13NO2.ClH/c1-14-10(13)11(12)7-9(11)8-5-3-2-4-6-8;/h2-6,9H,7,12H2,1H3;1H/t9-,11-;/m1./s1. The highest BCUT2D eigenvalue weighted by molar-refractivity contribution is 5.84. The van der Waals surface area contributed by atoms with Crippen LogP contribution in [-0.2, 0) is 9.53 Å². The topological polar surface area (TPSA) is 53.9 Å². The molecule has 2 atom stereocenters. The van der Waals surface area contributed by atoms with Gasteiger partial charge in [0.05, 0.1) is 13.0 Å². The van der Waals surface area contributed by atoms with Crippen molar-refractivity contribution in [2.45, 2.75) is 17.9 Å². The number of benzene rings is 1. The molecule has 2 rings (SSSR count). The summed E-state index contributed by atoms with van der Waals surface area (Å²) in [5.41, 5.74) is 4.58. The average molecular weight is 228 g/mol. The van der Waals surface area contributed by atoms with Gasteiger partial charge in [-0.05, 0) is 5.56 Å². The Bertz CT molecular complexity index is 355. The molecule has 1 saturated carbocycles. The van der Waals surface area contributed by atoms with Crippen LogP contribution in [0.1, 0.15) is 17.9 Å². The Balaban J connectivity index is 0.00000112. The lowest BCUT2D eigenvalue weighted by atomic mass is 10.1. The molecule has 0 aliphatic heterocycles. The molecule has 1 aliphatic rings. The molecule has 3 N–H and O–H groups in total. The van der Waals surface area contributed by atoms with Gasteiger partial charge in [-0.25, -0.2) is 4.79 Å². The van der Waals surface area contributed by atoms with Gasteiger partial charge in [0, 0.05) is 6.42 Å². The van der Waals surface area contributed by atoms with Gasteiger partial charge < -0.3 is 22.9 Å². The fourth-order valence-corrected chi connectivity index (χ4v) is 1.86. The van der Waals surface area contributed by atoms with E-state index in [4.69, 9.17) is 4.74 Å². The first kappa shape index (κ1) is 12.0. The highest BCUT2D eigenvalue weighted by Crippen LogP contribution is 2.48. The van der Waals surface area contributed by atoms with E-state index in [1.54, 1.807) is 0 Å². The number of hydrogen-bond acceptors (Lipinski definition) is 2. The Morgan fingerprint density at radius 2 is 2.07 bits per heavy atom. The molecule has 0 radical (unpaired) electrons. The molecule has 0 bridgehead atoms. The van der Waals surface area contributed by atoms with Crippen molar-refractivity contribution in [2.75, 3.05) is 7.11 Å². The molecule has 0 aromatic heterocycles. The molecular weight excluding hydrogens is 214 g/mol. The maximum absolute atomic E-state index is 11.4. The number of carbonyl (C=O) groups excluding carboxylic acids is 1. The van der Waals surface area contributed by atoms with Crippen LogP contribution in [0.2, 0.25) is 0 Å². The number of rotatable bonds is 2. The van der Waals surface area contributed by atoms with Gasteiger partial charge in [-0.2, -0.15) is 0 Å². The summed E-state index contributed by atoms with van der Waals surface area (Å²) < 4.78 is 4.73. The molecule has 0 saturated heterocycles. The lowest BCUT2D eigenvalue weighted by Gasteiger charge is -2.05. The Labute approximate surface area is 95.0 Å². The van der Waals surface area contributed by atoms with Gasteiger partial charge in [0.25, 0.3) is 0 Å². The highest BCUT2D eigenvalue weighted by Gasteiger charge is 2.63. The van der Waals surface area contributed by atoms with Gasteiger partial charge in [0.2, 0.25) is 5.54 Å². The Kier molecular flexibility index (Phi) is 3.37. The third kappa shape index (κ3) is 1.98. The summed E-state index contributed by atoms with van der Waals surface area (Å²) in [7, 11) is 1.41. The summed E-state index contributed by atoms with van der Waals surface area (Å²) in [4.78, 5) is 11.4. The van der Waals surface area contributed by atoms with Crippen LogP contribution >= 0.6 is 0 Å². The molecular formula is C11H14ClNO2. The van der Waals surface area contributed by atoms with E-state index in [1.807, 2.05) is 30.3 Å². The zero-order chi connectivity index (χ0) is 10.2. The summed E-state index contributed by atoms with van der Waals surface area (Å²) >= 11 is 0. The van der Waals surface area contributed by atoms with Gasteiger partial charge in [0.1, 0.15) is 0 Å². The number of methoxy groups -OCH3 is 1. The van der Waals surface area contributed by atoms with Gasteiger partial charge in [0.15, 0.2) is 0 Å². The predicted octanol–water partition coefficient (Wildman–Crippen LogP) is -2.67. The molecule has 3 nitrogen and oxygen atoms in total. The van der Waals surface area contributed by atoms with Crippen LogP contribution in [0.15, 0.2) is 30.3 Å². The van der Waals surface area contributed by atoms with Crippen molar-refractivity contribution in [1.29, 1.82) is 0 Å². The van der Waals surface area contributed by atoms with Crippen molar-refractivity contribution in [3.05, 3.63) is 35.9 Å². The molecule has 0 unspecified atom stereocenters. The summed E-state index contributed by atoms with van der Waals surface area (Å²) in [6.45, 7) is 0. The number of carbonyl (C=O) groups is 1. The largest absolute Gasteiger partial charge is 1.00 e. The van der Waals surface area contributed by atoms with E-state index in [0.717, 1.165) is 6.42 Å². The number of ether oxygens (including phenoxy) is 1. The van der Waals surface area contributed by atoms with Gasteiger partial charge in [-0.3, -0.25) is 0 Å². The summed E-state index contributed by atoms with van der Waals surface area (Å²) in [6, 6.07) is 9.98. The molecule has 1 aromatic carbocycles. The zero-order valence-electron chi connectivity index (χ0n) is 8.57. The average Bonchev–Trinajstić information content (AvgIpc) is 2.92. The Morgan fingerprint density at radius 1 is 1.47 bits per heavy atom. The van der Waals surface area contributed by atoms with Crippen molar-refractivity contribution in [3.8, 4) is 0 Å². The van der Waals surface area contributed by atoms with E-state index >= 15 is 0 Å². The van der Waals surface area contributed by atoms with E-state index in [1.165, 1.54) is 12.7 Å². The Hall–Kier alpha value is -1.06. The number of hydrogen-bond donors (Lipinski definition) is 1. The zero-order valence-corrected chi connectivity index (χ0v) is 9.33. The van der Waals surface area contributed by atoms with E-state index in [-0.39, 0.29) is 24.3 Å². The first-order valence-electron chi connectivity index (χ1n) is 4.67. The number of esters is 1. The second-order valence-corrected chi connectivity index (χ2v) is 3.82. The lowest BCUT2D eigenvalue weighted by molar-refractivity contribution is -0.427. The first-order chi connectivity index (χ1) is 6.68. The van der Waals surface area contributed by atoms with Gasteiger partial charge in [-0.1, -0.05) is 30.3 Å². The number of halogens is 1. The second-order valence-electron chi connectivity index (χ2n) is 3.82. The first-order valence-corrected chi connectivity index (χ1v) is 4.67. The fourth-order valence-electron chi connectivity index (χ4n) is 1.86. The smallest absolute Gasteiger partial charge is 0.368 e. The minimum Gasteiger partial charge on any atom is -1.00 e. The third-order valence-corrected chi connectivity index (χ3v) is 2.87. The van der Waals surface area contributed by atoms with Crippen LogP contribution in [0.3, 0.4) is 0 Å². The van der Waals surface area contributed by atoms with Crippen LogP contribution in [-0.4, -0.2) is 18.6 Å². The molecule has 1 fully saturated rings. The molecule has 1 aromatic rings. The van der Waals surface area contributed by atoms with Crippen LogP contribution in [0.4, 0.5) is 0 Å². The normalized spacial score (nSPS) is 27.7. The summed E-state index contributed by atoms with van der Waals surface area (Å²) in [5, 5.41) is 0. The lowest BCUT2D eigenvalue weighted by Crippen LogP contribution is -3.00.